The lowest BCUT2D eigenvalue weighted by atomic mass is 10.0. The third kappa shape index (κ3) is 6.06. The second kappa shape index (κ2) is 9.91. The topological polar surface area (TPSA) is 86.1 Å². The molecule has 0 unspecified atom stereocenters. The van der Waals surface area contributed by atoms with Crippen molar-refractivity contribution in [3.63, 3.8) is 0 Å². The van der Waals surface area contributed by atoms with Crippen LogP contribution in [0.2, 0.25) is 0 Å². The molecule has 29 heavy (non-hydrogen) atoms. The van der Waals surface area contributed by atoms with E-state index in [0.717, 1.165) is 23.8 Å². The van der Waals surface area contributed by atoms with Crippen molar-refractivity contribution in [2.45, 2.75) is 56.8 Å². The Morgan fingerprint density at radius 3 is 2.59 bits per heavy atom. The zero-order chi connectivity index (χ0) is 20.8. The largest absolute Gasteiger partial charge is 0.467 e. The number of carbonyl (C=O) groups is 2. The first-order chi connectivity index (χ1) is 14.0. The first-order valence-corrected chi connectivity index (χ1v) is 10.9. The molecule has 8 heteroatoms. The molecular formula is C21H28N4O3S. The summed E-state index contributed by atoms with van der Waals surface area (Å²) in [5.41, 5.74) is 1.17. The van der Waals surface area contributed by atoms with Crippen molar-refractivity contribution in [1.29, 1.82) is 0 Å². The fourth-order valence-electron chi connectivity index (χ4n) is 3.16. The number of rotatable bonds is 10. The Labute approximate surface area is 175 Å². The summed E-state index contributed by atoms with van der Waals surface area (Å²) in [6.45, 7) is 4.69. The van der Waals surface area contributed by atoms with E-state index in [2.05, 4.69) is 32.2 Å². The Kier molecular flexibility index (Phi) is 7.30. The normalized spacial score (nSPS) is 14.6. The van der Waals surface area contributed by atoms with Crippen LogP contribution in [-0.4, -0.2) is 45.5 Å². The number of ether oxygens (including phenoxy) is 1. The van der Waals surface area contributed by atoms with Crippen molar-refractivity contribution < 1.29 is 14.3 Å². The molecule has 0 aliphatic heterocycles. The van der Waals surface area contributed by atoms with Crippen molar-refractivity contribution in [3.05, 3.63) is 41.7 Å². The number of nitrogens with one attached hydrogen (secondary N) is 1. The number of hydrogen-bond acceptors (Lipinski definition) is 6. The number of nitrogens with zero attached hydrogens (tertiary/aromatic N) is 3. The van der Waals surface area contributed by atoms with Crippen molar-refractivity contribution in [2.24, 2.45) is 5.92 Å². The van der Waals surface area contributed by atoms with Gasteiger partial charge >= 0.3 is 5.97 Å². The quantitative estimate of drug-likeness (QED) is 0.473. The van der Waals surface area contributed by atoms with E-state index in [-0.39, 0.29) is 17.6 Å². The summed E-state index contributed by atoms with van der Waals surface area (Å²) < 4.78 is 6.92. The SMILES string of the molecule is COC(=O)[C@H](CC(C)C)NC(=O)CSc1nnc(C2CC2)n1Cc1ccccc1. The van der Waals surface area contributed by atoms with Gasteiger partial charge in [-0.2, -0.15) is 0 Å². The van der Waals surface area contributed by atoms with Gasteiger partial charge in [-0.1, -0.05) is 55.9 Å². The molecule has 1 N–H and O–H groups in total. The predicted octanol–water partition coefficient (Wildman–Crippen LogP) is 3.00. The predicted molar refractivity (Wildman–Crippen MR) is 112 cm³/mol. The molecule has 1 aromatic heterocycles. The molecule has 7 nitrogen and oxygen atoms in total. The standard InChI is InChI=1S/C21H28N4O3S/c1-14(2)11-17(20(27)28-3)22-18(26)13-29-21-24-23-19(16-9-10-16)25(21)12-15-7-5-4-6-8-15/h4-8,14,16-17H,9-13H2,1-3H3,(H,22,26)/t17-/m0/s1. The minimum atomic E-state index is -0.627. The van der Waals surface area contributed by atoms with Crippen LogP contribution in [-0.2, 0) is 20.9 Å². The van der Waals surface area contributed by atoms with Gasteiger partial charge in [-0.3, -0.25) is 4.79 Å². The molecule has 1 aliphatic carbocycles. The van der Waals surface area contributed by atoms with Crippen molar-refractivity contribution in [2.75, 3.05) is 12.9 Å². The highest BCUT2D eigenvalue weighted by Gasteiger charge is 2.31. The van der Waals surface area contributed by atoms with Crippen LogP contribution in [0.15, 0.2) is 35.5 Å². The van der Waals surface area contributed by atoms with Crippen LogP contribution in [0.5, 0.6) is 0 Å². The van der Waals surface area contributed by atoms with Gasteiger partial charge < -0.3 is 14.6 Å². The van der Waals surface area contributed by atoms with Gasteiger partial charge in [0.2, 0.25) is 5.91 Å². The van der Waals surface area contributed by atoms with Crippen molar-refractivity contribution in [1.82, 2.24) is 20.1 Å². The molecule has 0 radical (unpaired) electrons. The fraction of sp³-hybridized carbons (Fsp3) is 0.524. The summed E-state index contributed by atoms with van der Waals surface area (Å²) in [6, 6.07) is 9.54. The van der Waals surface area contributed by atoms with Gasteiger partial charge in [0.1, 0.15) is 11.9 Å². The monoisotopic (exact) mass is 416 g/mol. The zero-order valence-electron chi connectivity index (χ0n) is 17.1. The minimum absolute atomic E-state index is 0.170. The van der Waals surface area contributed by atoms with E-state index in [4.69, 9.17) is 4.74 Å². The van der Waals surface area contributed by atoms with Gasteiger partial charge in [0.25, 0.3) is 0 Å². The Morgan fingerprint density at radius 2 is 1.97 bits per heavy atom. The molecule has 1 fully saturated rings. The van der Waals surface area contributed by atoms with Gasteiger partial charge in [0, 0.05) is 5.92 Å². The molecule has 3 rings (SSSR count). The smallest absolute Gasteiger partial charge is 0.328 e. The molecule has 0 saturated heterocycles. The van der Waals surface area contributed by atoms with E-state index < -0.39 is 12.0 Å². The second-order valence-electron chi connectivity index (χ2n) is 7.75. The summed E-state index contributed by atoms with van der Waals surface area (Å²) in [6.07, 6.45) is 2.81. The first-order valence-electron chi connectivity index (χ1n) is 9.95. The summed E-state index contributed by atoms with van der Waals surface area (Å²) in [7, 11) is 1.34. The third-order valence-electron chi connectivity index (χ3n) is 4.73. The van der Waals surface area contributed by atoms with Crippen LogP contribution >= 0.6 is 11.8 Å². The van der Waals surface area contributed by atoms with Gasteiger partial charge in [-0.25, -0.2) is 4.79 Å². The number of amides is 1. The summed E-state index contributed by atoms with van der Waals surface area (Å²) in [5, 5.41) is 12.2. The van der Waals surface area contributed by atoms with Crippen molar-refractivity contribution >= 4 is 23.6 Å². The Bertz CT molecular complexity index is 834. The number of benzene rings is 1. The molecular weight excluding hydrogens is 388 g/mol. The van der Waals surface area contributed by atoms with Gasteiger partial charge in [0.15, 0.2) is 5.16 Å². The van der Waals surface area contributed by atoms with Gasteiger partial charge in [-0.05, 0) is 30.7 Å². The van der Waals surface area contributed by atoms with Gasteiger partial charge in [-0.15, -0.1) is 10.2 Å². The molecule has 1 heterocycles. The number of thioether (sulfide) groups is 1. The van der Waals surface area contributed by atoms with Crippen LogP contribution in [0.4, 0.5) is 0 Å². The molecule has 0 bridgehead atoms. The molecule has 1 atom stereocenters. The number of aromatic nitrogens is 3. The molecule has 156 valence electrons. The Balaban J connectivity index is 1.65. The molecule has 1 amide bonds. The lowest BCUT2D eigenvalue weighted by molar-refractivity contribution is -0.145. The molecule has 1 saturated carbocycles. The lowest BCUT2D eigenvalue weighted by Crippen LogP contribution is -2.43. The van der Waals surface area contributed by atoms with Crippen LogP contribution < -0.4 is 5.32 Å². The zero-order valence-corrected chi connectivity index (χ0v) is 17.9. The van der Waals surface area contributed by atoms with E-state index in [0.29, 0.717) is 18.9 Å². The maximum Gasteiger partial charge on any atom is 0.328 e. The third-order valence-corrected chi connectivity index (χ3v) is 5.70. The average Bonchev–Trinajstić information content (AvgIpc) is 3.47. The van der Waals surface area contributed by atoms with E-state index in [1.807, 2.05) is 32.0 Å². The Hall–Kier alpha value is -2.35. The van der Waals surface area contributed by atoms with E-state index in [1.54, 1.807) is 0 Å². The van der Waals surface area contributed by atoms with Crippen molar-refractivity contribution in [3.8, 4) is 0 Å². The summed E-state index contributed by atoms with van der Waals surface area (Å²) in [5.74, 6) is 1.26. The fourth-order valence-corrected chi connectivity index (χ4v) is 3.91. The van der Waals surface area contributed by atoms with E-state index >= 15 is 0 Å². The number of carbonyl (C=O) groups excluding carboxylic acids is 2. The minimum Gasteiger partial charge on any atom is -0.467 e. The first kappa shape index (κ1) is 21.4. The number of esters is 1. The maximum absolute atomic E-state index is 12.5. The van der Waals surface area contributed by atoms with Crippen LogP contribution in [0, 0.1) is 5.92 Å². The second-order valence-corrected chi connectivity index (χ2v) is 8.69. The molecule has 2 aromatic rings. The lowest BCUT2D eigenvalue weighted by Gasteiger charge is -2.18. The molecule has 1 aliphatic rings. The highest BCUT2D eigenvalue weighted by Crippen LogP contribution is 2.40. The van der Waals surface area contributed by atoms with E-state index in [1.165, 1.54) is 24.4 Å². The summed E-state index contributed by atoms with van der Waals surface area (Å²) >= 11 is 1.35. The highest BCUT2D eigenvalue weighted by molar-refractivity contribution is 7.99. The summed E-state index contributed by atoms with van der Waals surface area (Å²) in [4.78, 5) is 24.4. The maximum atomic E-state index is 12.5. The van der Waals surface area contributed by atoms with Gasteiger partial charge in [0.05, 0.1) is 19.4 Å². The van der Waals surface area contributed by atoms with Crippen LogP contribution in [0.25, 0.3) is 0 Å². The van der Waals surface area contributed by atoms with Crippen LogP contribution in [0.3, 0.4) is 0 Å². The molecule has 0 spiro atoms. The van der Waals surface area contributed by atoms with Crippen LogP contribution in [0.1, 0.15) is 50.4 Å². The highest BCUT2D eigenvalue weighted by atomic mass is 32.2. The molecule has 1 aromatic carbocycles. The Morgan fingerprint density at radius 1 is 1.24 bits per heavy atom. The number of methoxy groups -OCH3 is 1. The number of hydrogen-bond donors (Lipinski definition) is 1. The van der Waals surface area contributed by atoms with E-state index in [9.17, 15) is 9.59 Å². The average molecular weight is 417 g/mol.